The minimum absolute atomic E-state index is 0.0855. The maximum atomic E-state index is 13.1. The summed E-state index contributed by atoms with van der Waals surface area (Å²) in [4.78, 5) is 2.06. The Labute approximate surface area is 127 Å². The first-order valence-corrected chi connectivity index (χ1v) is 7.25. The fourth-order valence-electron chi connectivity index (χ4n) is 2.05. The monoisotopic (exact) mass is 336 g/mol. The van der Waals surface area contributed by atoms with Crippen LogP contribution in [0.25, 0.3) is 0 Å². The second kappa shape index (κ2) is 6.27. The van der Waals surface area contributed by atoms with Crippen LogP contribution in [0, 0.1) is 5.82 Å². The lowest BCUT2D eigenvalue weighted by molar-refractivity contribution is 0.625. The maximum Gasteiger partial charge on any atom is 0.124 e. The second-order valence-corrected chi connectivity index (χ2v) is 5.83. The van der Waals surface area contributed by atoms with E-state index in [2.05, 4.69) is 45.2 Å². The lowest BCUT2D eigenvalue weighted by Crippen LogP contribution is -2.10. The van der Waals surface area contributed by atoms with Crippen LogP contribution in [-0.2, 0) is 0 Å². The van der Waals surface area contributed by atoms with Gasteiger partial charge in [0.15, 0.2) is 0 Å². The fourth-order valence-corrected chi connectivity index (χ4v) is 2.75. The lowest BCUT2D eigenvalue weighted by atomic mass is 10.1. The third kappa shape index (κ3) is 3.51. The van der Waals surface area contributed by atoms with Crippen LogP contribution in [-0.4, -0.2) is 14.1 Å². The summed E-state index contributed by atoms with van der Waals surface area (Å²) in [6.07, 6.45) is 0. The molecule has 106 valence electrons. The molecule has 0 aliphatic carbocycles. The van der Waals surface area contributed by atoms with Gasteiger partial charge in [-0.15, -0.1) is 0 Å². The molecule has 1 unspecified atom stereocenters. The molecule has 0 aromatic heterocycles. The van der Waals surface area contributed by atoms with E-state index in [4.69, 9.17) is 0 Å². The van der Waals surface area contributed by atoms with Crippen molar-refractivity contribution in [1.82, 2.24) is 0 Å². The van der Waals surface area contributed by atoms with E-state index in [1.807, 2.05) is 26.2 Å². The maximum absolute atomic E-state index is 13.1. The van der Waals surface area contributed by atoms with Crippen molar-refractivity contribution in [2.45, 2.75) is 13.0 Å². The molecule has 0 spiro atoms. The first kappa shape index (κ1) is 14.9. The Balaban J connectivity index is 2.19. The molecule has 0 heterocycles. The van der Waals surface area contributed by atoms with Gasteiger partial charge in [-0.05, 0) is 42.8 Å². The number of hydrogen-bond acceptors (Lipinski definition) is 2. The van der Waals surface area contributed by atoms with Gasteiger partial charge in [-0.1, -0.05) is 28.1 Å². The molecule has 0 saturated heterocycles. The van der Waals surface area contributed by atoms with E-state index in [0.717, 1.165) is 21.4 Å². The Kier molecular flexibility index (Phi) is 4.65. The normalized spacial score (nSPS) is 12.1. The van der Waals surface area contributed by atoms with Crippen molar-refractivity contribution in [3.63, 3.8) is 0 Å². The summed E-state index contributed by atoms with van der Waals surface area (Å²) in [5.41, 5.74) is 3.21. The summed E-state index contributed by atoms with van der Waals surface area (Å²) in [6, 6.07) is 13.1. The smallest absolute Gasteiger partial charge is 0.124 e. The summed E-state index contributed by atoms with van der Waals surface area (Å²) < 4.78 is 13.9. The van der Waals surface area contributed by atoms with Crippen molar-refractivity contribution in [3.8, 4) is 0 Å². The predicted octanol–water partition coefficient (Wildman–Crippen LogP) is 4.83. The molecule has 1 N–H and O–H groups in total. The van der Waals surface area contributed by atoms with E-state index in [-0.39, 0.29) is 11.9 Å². The van der Waals surface area contributed by atoms with Crippen LogP contribution in [0.4, 0.5) is 15.8 Å². The van der Waals surface area contributed by atoms with Gasteiger partial charge in [0.25, 0.3) is 0 Å². The highest BCUT2D eigenvalue weighted by Gasteiger charge is 2.10. The van der Waals surface area contributed by atoms with Crippen LogP contribution < -0.4 is 10.2 Å². The van der Waals surface area contributed by atoms with Crippen molar-refractivity contribution < 1.29 is 4.39 Å². The van der Waals surface area contributed by atoms with Gasteiger partial charge in [-0.2, -0.15) is 0 Å². The van der Waals surface area contributed by atoms with Crippen molar-refractivity contribution >= 4 is 27.3 Å². The highest BCUT2D eigenvalue weighted by atomic mass is 79.9. The fraction of sp³-hybridized carbons (Fsp3) is 0.250. The molecule has 2 aromatic rings. The van der Waals surface area contributed by atoms with E-state index >= 15 is 0 Å². The summed E-state index contributed by atoms with van der Waals surface area (Å²) in [6.45, 7) is 2.06. The topological polar surface area (TPSA) is 15.3 Å². The Hall–Kier alpha value is -1.55. The molecule has 0 aliphatic rings. The molecule has 2 nitrogen and oxygen atoms in total. The van der Waals surface area contributed by atoms with Crippen LogP contribution >= 0.6 is 15.9 Å². The van der Waals surface area contributed by atoms with Gasteiger partial charge < -0.3 is 10.2 Å². The minimum atomic E-state index is -0.234. The zero-order valence-corrected chi connectivity index (χ0v) is 13.4. The predicted molar refractivity (Wildman–Crippen MR) is 86.9 cm³/mol. The lowest BCUT2D eigenvalue weighted by Gasteiger charge is -2.19. The van der Waals surface area contributed by atoms with Crippen LogP contribution in [0.3, 0.4) is 0 Å². The van der Waals surface area contributed by atoms with Crippen molar-refractivity contribution in [2.75, 3.05) is 24.3 Å². The molecule has 0 aliphatic heterocycles. The number of anilines is 2. The Bertz CT molecular complexity index is 599. The molecule has 20 heavy (non-hydrogen) atoms. The number of benzene rings is 2. The van der Waals surface area contributed by atoms with Crippen LogP contribution in [0.15, 0.2) is 46.9 Å². The zero-order valence-electron chi connectivity index (χ0n) is 11.8. The van der Waals surface area contributed by atoms with E-state index in [1.165, 1.54) is 12.1 Å². The number of hydrogen-bond donors (Lipinski definition) is 1. The molecular weight excluding hydrogens is 319 g/mol. The van der Waals surface area contributed by atoms with E-state index in [9.17, 15) is 4.39 Å². The van der Waals surface area contributed by atoms with Crippen molar-refractivity contribution in [3.05, 3.63) is 58.3 Å². The van der Waals surface area contributed by atoms with Crippen LogP contribution in [0.2, 0.25) is 0 Å². The van der Waals surface area contributed by atoms with Gasteiger partial charge in [-0.3, -0.25) is 0 Å². The summed E-state index contributed by atoms with van der Waals surface area (Å²) in [5, 5.41) is 3.43. The average molecular weight is 337 g/mol. The van der Waals surface area contributed by atoms with Crippen molar-refractivity contribution in [2.24, 2.45) is 0 Å². The molecule has 0 amide bonds. The molecule has 2 aromatic carbocycles. The Morgan fingerprint density at radius 2 is 1.90 bits per heavy atom. The summed E-state index contributed by atoms with van der Waals surface area (Å²) >= 11 is 3.41. The van der Waals surface area contributed by atoms with Crippen LogP contribution in [0.1, 0.15) is 18.5 Å². The van der Waals surface area contributed by atoms with Gasteiger partial charge in [0, 0.05) is 36.0 Å². The molecule has 4 heteroatoms. The molecule has 1 atom stereocenters. The number of rotatable bonds is 4. The SMILES string of the molecule is CC(Nc1cccc(N(C)C)c1)c1ccc(F)cc1Br. The summed E-state index contributed by atoms with van der Waals surface area (Å²) in [7, 11) is 4.03. The van der Waals surface area contributed by atoms with Gasteiger partial charge in [0.1, 0.15) is 5.82 Å². The summed E-state index contributed by atoms with van der Waals surface area (Å²) in [5.74, 6) is -0.234. The van der Waals surface area contributed by atoms with E-state index < -0.39 is 0 Å². The quantitative estimate of drug-likeness (QED) is 0.860. The molecule has 0 fully saturated rings. The Morgan fingerprint density at radius 3 is 2.55 bits per heavy atom. The standard InChI is InChI=1S/C16H18BrFN2/c1-11(15-8-7-12(18)9-16(15)17)19-13-5-4-6-14(10-13)20(2)3/h4-11,19H,1-3H3. The number of nitrogens with one attached hydrogen (secondary N) is 1. The van der Waals surface area contributed by atoms with Crippen molar-refractivity contribution in [1.29, 1.82) is 0 Å². The van der Waals surface area contributed by atoms with Gasteiger partial charge in [0.2, 0.25) is 0 Å². The third-order valence-corrected chi connectivity index (χ3v) is 3.86. The number of nitrogens with zero attached hydrogens (tertiary/aromatic N) is 1. The molecule has 0 bridgehead atoms. The minimum Gasteiger partial charge on any atom is -0.378 e. The number of halogens is 2. The van der Waals surface area contributed by atoms with Crippen LogP contribution in [0.5, 0.6) is 0 Å². The second-order valence-electron chi connectivity index (χ2n) is 4.98. The highest BCUT2D eigenvalue weighted by Crippen LogP contribution is 2.28. The molecule has 2 rings (SSSR count). The van der Waals surface area contributed by atoms with Gasteiger partial charge in [-0.25, -0.2) is 4.39 Å². The van der Waals surface area contributed by atoms with Gasteiger partial charge >= 0.3 is 0 Å². The average Bonchev–Trinajstić information content (AvgIpc) is 2.38. The Morgan fingerprint density at radius 1 is 1.15 bits per heavy atom. The third-order valence-electron chi connectivity index (χ3n) is 3.17. The largest absolute Gasteiger partial charge is 0.378 e. The molecule has 0 radical (unpaired) electrons. The first-order chi connectivity index (χ1) is 9.47. The highest BCUT2D eigenvalue weighted by molar-refractivity contribution is 9.10. The molecular formula is C16H18BrFN2. The van der Waals surface area contributed by atoms with Gasteiger partial charge in [0.05, 0.1) is 0 Å². The zero-order chi connectivity index (χ0) is 14.7. The first-order valence-electron chi connectivity index (χ1n) is 6.46. The van der Waals surface area contributed by atoms with E-state index in [0.29, 0.717) is 0 Å². The molecule has 0 saturated carbocycles. The van der Waals surface area contributed by atoms with E-state index in [1.54, 1.807) is 6.07 Å².